The van der Waals surface area contributed by atoms with E-state index in [1.165, 1.54) is 50.4 Å². The fourth-order valence-electron chi connectivity index (χ4n) is 4.26. The number of nitrogens with zero attached hydrogens (tertiary/aromatic N) is 4. The number of aryl methyl sites for hydroxylation is 2. The highest BCUT2D eigenvalue weighted by Gasteiger charge is 2.30. The Morgan fingerprint density at radius 1 is 1.00 bits per heavy atom. The lowest BCUT2D eigenvalue weighted by atomic mass is 10.2. The van der Waals surface area contributed by atoms with E-state index in [9.17, 15) is 18.0 Å². The zero-order chi connectivity index (χ0) is 26.6. The maximum absolute atomic E-state index is 13.1. The Hall–Kier alpha value is -3.02. The van der Waals surface area contributed by atoms with Crippen LogP contribution in [0.2, 0.25) is 0 Å². The standard InChI is InChI=1S/C26H32N4O5S2/c1-4-13-30-22-12-7-19(5-2)18-23(22)36-25(30)27-24(31)20-8-10-21(11-9-20)37(33,34)29-16-14-28(15-17-29)26(32)35-6-3/h7-12,18H,4-6,13-17H2,1-3H3. The Morgan fingerprint density at radius 3 is 2.32 bits per heavy atom. The second-order valence-electron chi connectivity index (χ2n) is 8.72. The minimum Gasteiger partial charge on any atom is -0.450 e. The Kier molecular flexibility index (Phi) is 8.46. The molecule has 198 valence electrons. The molecule has 4 rings (SSSR count). The summed E-state index contributed by atoms with van der Waals surface area (Å²) >= 11 is 1.48. The first-order valence-electron chi connectivity index (χ1n) is 12.5. The summed E-state index contributed by atoms with van der Waals surface area (Å²) in [5, 5.41) is 0. The van der Waals surface area contributed by atoms with Crippen LogP contribution in [0, 0.1) is 0 Å². The lowest BCUT2D eigenvalue weighted by Gasteiger charge is -2.33. The molecule has 2 aromatic carbocycles. The van der Waals surface area contributed by atoms with E-state index in [-0.39, 0.29) is 37.7 Å². The van der Waals surface area contributed by atoms with Gasteiger partial charge in [0.15, 0.2) is 4.80 Å². The molecule has 0 bridgehead atoms. The molecule has 1 aromatic heterocycles. The summed E-state index contributed by atoms with van der Waals surface area (Å²) in [5.74, 6) is -0.417. The highest BCUT2D eigenvalue weighted by Crippen LogP contribution is 2.21. The first-order chi connectivity index (χ1) is 17.8. The van der Waals surface area contributed by atoms with Crippen molar-refractivity contribution in [3.63, 3.8) is 0 Å². The molecule has 0 radical (unpaired) electrons. The van der Waals surface area contributed by atoms with E-state index in [1.807, 2.05) is 0 Å². The van der Waals surface area contributed by atoms with E-state index in [1.54, 1.807) is 6.92 Å². The number of fused-ring (bicyclic) bond motifs is 1. The number of thiazole rings is 1. The van der Waals surface area contributed by atoms with Crippen molar-refractivity contribution in [1.82, 2.24) is 13.8 Å². The molecule has 1 aliphatic heterocycles. The third-order valence-electron chi connectivity index (χ3n) is 6.30. The van der Waals surface area contributed by atoms with Gasteiger partial charge < -0.3 is 14.2 Å². The third kappa shape index (κ3) is 5.78. The monoisotopic (exact) mass is 544 g/mol. The average molecular weight is 545 g/mol. The van der Waals surface area contributed by atoms with Crippen molar-refractivity contribution in [2.24, 2.45) is 4.99 Å². The summed E-state index contributed by atoms with van der Waals surface area (Å²) in [7, 11) is -3.75. The Bertz CT molecular complexity index is 1450. The molecular weight excluding hydrogens is 512 g/mol. The predicted molar refractivity (Wildman–Crippen MR) is 143 cm³/mol. The quantitative estimate of drug-likeness (QED) is 0.449. The van der Waals surface area contributed by atoms with Gasteiger partial charge in [-0.25, -0.2) is 13.2 Å². The van der Waals surface area contributed by atoms with Gasteiger partial charge in [-0.1, -0.05) is 31.3 Å². The van der Waals surface area contributed by atoms with Crippen molar-refractivity contribution in [2.45, 2.75) is 45.1 Å². The smallest absolute Gasteiger partial charge is 0.409 e. The van der Waals surface area contributed by atoms with Gasteiger partial charge in [0, 0.05) is 38.3 Å². The molecule has 37 heavy (non-hydrogen) atoms. The molecule has 1 aliphatic rings. The van der Waals surface area contributed by atoms with E-state index in [2.05, 4.69) is 41.6 Å². The van der Waals surface area contributed by atoms with Gasteiger partial charge in [-0.15, -0.1) is 0 Å². The predicted octanol–water partition coefficient (Wildman–Crippen LogP) is 3.88. The Labute approximate surface area is 221 Å². The molecule has 0 N–H and O–H groups in total. The number of hydrogen-bond acceptors (Lipinski definition) is 6. The summed E-state index contributed by atoms with van der Waals surface area (Å²) in [5.41, 5.74) is 2.61. The van der Waals surface area contributed by atoms with Gasteiger partial charge in [0.2, 0.25) is 10.0 Å². The molecule has 3 aromatic rings. The lowest BCUT2D eigenvalue weighted by Crippen LogP contribution is -2.50. The summed E-state index contributed by atoms with van der Waals surface area (Å²) in [6.07, 6.45) is 1.41. The van der Waals surface area contributed by atoms with Crippen molar-refractivity contribution < 1.29 is 22.7 Å². The molecule has 2 amide bonds. The maximum atomic E-state index is 13.1. The Balaban J connectivity index is 1.53. The molecule has 0 saturated carbocycles. The third-order valence-corrected chi connectivity index (χ3v) is 9.26. The lowest BCUT2D eigenvalue weighted by molar-refractivity contribution is 0.0933. The largest absolute Gasteiger partial charge is 0.450 e. The van der Waals surface area contributed by atoms with Crippen LogP contribution in [0.15, 0.2) is 52.4 Å². The Morgan fingerprint density at radius 2 is 1.70 bits per heavy atom. The summed E-state index contributed by atoms with van der Waals surface area (Å²) in [4.78, 5) is 31.5. The summed E-state index contributed by atoms with van der Waals surface area (Å²) in [6.45, 7) is 7.83. The van der Waals surface area contributed by atoms with Crippen LogP contribution in [-0.2, 0) is 27.7 Å². The number of carbonyl (C=O) groups excluding carboxylic acids is 2. The minimum absolute atomic E-state index is 0.101. The van der Waals surface area contributed by atoms with E-state index in [0.717, 1.165) is 29.6 Å². The van der Waals surface area contributed by atoms with E-state index in [0.29, 0.717) is 10.4 Å². The van der Waals surface area contributed by atoms with Crippen molar-refractivity contribution in [3.05, 3.63) is 58.4 Å². The molecule has 0 aliphatic carbocycles. The SMILES string of the molecule is CCCn1c(=NC(=O)c2ccc(S(=O)(=O)N3CCN(C(=O)OCC)CC3)cc2)sc2cc(CC)ccc21. The fraction of sp³-hybridized carbons (Fsp3) is 0.423. The summed E-state index contributed by atoms with van der Waals surface area (Å²) < 4.78 is 35.7. The molecule has 0 atom stereocenters. The molecule has 0 unspecified atom stereocenters. The second-order valence-corrected chi connectivity index (χ2v) is 11.7. The molecule has 11 heteroatoms. The van der Waals surface area contributed by atoms with Crippen molar-refractivity contribution in [1.29, 1.82) is 0 Å². The molecular formula is C26H32N4O5S2. The number of carbonyl (C=O) groups is 2. The average Bonchev–Trinajstić information content (AvgIpc) is 3.24. The van der Waals surface area contributed by atoms with E-state index in [4.69, 9.17) is 4.74 Å². The zero-order valence-electron chi connectivity index (χ0n) is 21.3. The number of hydrogen-bond donors (Lipinski definition) is 0. The number of aromatic nitrogens is 1. The van der Waals surface area contributed by atoms with Gasteiger partial charge in [-0.3, -0.25) is 4.79 Å². The highest BCUT2D eigenvalue weighted by molar-refractivity contribution is 7.89. The van der Waals surface area contributed by atoms with E-state index < -0.39 is 22.0 Å². The molecule has 1 saturated heterocycles. The number of rotatable bonds is 7. The van der Waals surface area contributed by atoms with Gasteiger partial charge in [0.05, 0.1) is 21.7 Å². The maximum Gasteiger partial charge on any atom is 0.409 e. The van der Waals surface area contributed by atoms with Crippen molar-refractivity contribution in [3.8, 4) is 0 Å². The highest BCUT2D eigenvalue weighted by atomic mass is 32.2. The first-order valence-corrected chi connectivity index (χ1v) is 14.8. The van der Waals surface area contributed by atoms with Crippen LogP contribution in [0.3, 0.4) is 0 Å². The van der Waals surface area contributed by atoms with Crippen LogP contribution >= 0.6 is 11.3 Å². The van der Waals surface area contributed by atoms with E-state index >= 15 is 0 Å². The molecule has 0 spiro atoms. The number of piperazine rings is 1. The molecule has 1 fully saturated rings. The molecule has 9 nitrogen and oxygen atoms in total. The zero-order valence-corrected chi connectivity index (χ0v) is 23.0. The normalized spacial score (nSPS) is 15.3. The topological polar surface area (TPSA) is 101 Å². The number of amides is 2. The van der Waals surface area contributed by atoms with Gasteiger partial charge in [-0.05, 0) is 61.7 Å². The van der Waals surface area contributed by atoms with Crippen LogP contribution in [-0.4, -0.2) is 67.0 Å². The van der Waals surface area contributed by atoms with Crippen molar-refractivity contribution in [2.75, 3.05) is 32.8 Å². The van der Waals surface area contributed by atoms with Crippen LogP contribution < -0.4 is 4.80 Å². The number of sulfonamides is 1. The first kappa shape index (κ1) is 27.0. The number of ether oxygens (including phenoxy) is 1. The van der Waals surface area contributed by atoms with Gasteiger partial charge in [0.1, 0.15) is 0 Å². The van der Waals surface area contributed by atoms with Gasteiger partial charge >= 0.3 is 6.09 Å². The van der Waals surface area contributed by atoms with Crippen molar-refractivity contribution >= 4 is 43.6 Å². The summed E-state index contributed by atoms with van der Waals surface area (Å²) in [6, 6.07) is 12.2. The fourth-order valence-corrected chi connectivity index (χ4v) is 6.80. The van der Waals surface area contributed by atoms with Crippen LogP contribution in [0.5, 0.6) is 0 Å². The van der Waals surface area contributed by atoms with Crippen LogP contribution in [0.25, 0.3) is 10.2 Å². The van der Waals surface area contributed by atoms with Gasteiger partial charge in [0.25, 0.3) is 5.91 Å². The van der Waals surface area contributed by atoms with Crippen LogP contribution in [0.4, 0.5) is 4.79 Å². The second kappa shape index (κ2) is 11.6. The van der Waals surface area contributed by atoms with Crippen LogP contribution in [0.1, 0.15) is 43.1 Å². The van der Waals surface area contributed by atoms with Gasteiger partial charge in [-0.2, -0.15) is 9.30 Å². The number of benzene rings is 2. The molecule has 2 heterocycles. The minimum atomic E-state index is -3.75.